The Morgan fingerprint density at radius 3 is 2.85 bits per heavy atom. The molecule has 7 heteroatoms. The van der Waals surface area contributed by atoms with E-state index < -0.39 is 0 Å². The van der Waals surface area contributed by atoms with Gasteiger partial charge >= 0.3 is 0 Å². The van der Waals surface area contributed by atoms with E-state index >= 15 is 0 Å². The minimum absolute atomic E-state index is 0.0413. The van der Waals surface area contributed by atoms with Crippen molar-refractivity contribution in [2.45, 2.75) is 6.42 Å². The summed E-state index contributed by atoms with van der Waals surface area (Å²) in [4.78, 5) is 11.8. The Labute approximate surface area is 128 Å². The van der Waals surface area contributed by atoms with Gasteiger partial charge in [-0.25, -0.2) is 0 Å². The number of benzene rings is 1. The average molecular weight is 316 g/mol. The minimum atomic E-state index is -0.0413. The van der Waals surface area contributed by atoms with Crippen molar-refractivity contribution < 1.29 is 9.53 Å². The van der Waals surface area contributed by atoms with Gasteiger partial charge in [-0.1, -0.05) is 23.8 Å². The van der Waals surface area contributed by atoms with Gasteiger partial charge in [-0.05, 0) is 18.2 Å². The van der Waals surface area contributed by atoms with E-state index in [-0.39, 0.29) is 10.9 Å². The van der Waals surface area contributed by atoms with E-state index in [4.69, 9.17) is 34.3 Å². The first-order chi connectivity index (χ1) is 9.54. The number of nitrogens with one attached hydrogen (secondary N) is 2. The number of amides is 1. The number of anilines is 1. The van der Waals surface area contributed by atoms with Gasteiger partial charge in [-0.3, -0.25) is 4.79 Å². The quantitative estimate of drug-likeness (QED) is 0.501. The van der Waals surface area contributed by atoms with E-state index in [2.05, 4.69) is 10.6 Å². The first-order valence-corrected chi connectivity index (χ1v) is 6.92. The molecular formula is C13H18ClN3O2S. The highest BCUT2D eigenvalue weighted by Crippen LogP contribution is 2.20. The van der Waals surface area contributed by atoms with Crippen LogP contribution < -0.4 is 16.4 Å². The summed E-state index contributed by atoms with van der Waals surface area (Å²) < 4.78 is 4.85. The lowest BCUT2D eigenvalue weighted by atomic mass is 10.1. The largest absolute Gasteiger partial charge is 0.389 e. The lowest BCUT2D eigenvalue weighted by molar-refractivity contribution is -0.121. The van der Waals surface area contributed by atoms with E-state index in [1.54, 1.807) is 25.3 Å². The number of carbonyl (C=O) groups excluding carboxylic acids is 1. The number of ether oxygens (including phenoxy) is 1. The van der Waals surface area contributed by atoms with Crippen molar-refractivity contribution in [3.8, 4) is 0 Å². The molecule has 4 N–H and O–H groups in total. The fourth-order valence-electron chi connectivity index (χ4n) is 1.57. The smallest absolute Gasteiger partial charge is 0.221 e. The highest BCUT2D eigenvalue weighted by atomic mass is 35.5. The Hall–Kier alpha value is -1.37. The molecule has 0 aromatic heterocycles. The third kappa shape index (κ3) is 5.73. The highest BCUT2D eigenvalue weighted by Gasteiger charge is 2.07. The fraction of sp³-hybridized carbons (Fsp3) is 0.385. The lowest BCUT2D eigenvalue weighted by Gasteiger charge is -2.11. The van der Waals surface area contributed by atoms with Crippen LogP contribution in [0.25, 0.3) is 0 Å². The Morgan fingerprint density at radius 2 is 2.20 bits per heavy atom. The maximum atomic E-state index is 11.5. The van der Waals surface area contributed by atoms with Crippen molar-refractivity contribution in [2.24, 2.45) is 5.73 Å². The van der Waals surface area contributed by atoms with Gasteiger partial charge in [0.25, 0.3) is 0 Å². The molecule has 0 spiro atoms. The van der Waals surface area contributed by atoms with Gasteiger partial charge in [0.15, 0.2) is 0 Å². The fourth-order valence-corrected chi connectivity index (χ4v) is 1.91. The summed E-state index contributed by atoms with van der Waals surface area (Å²) in [7, 11) is 1.59. The zero-order chi connectivity index (χ0) is 15.0. The molecule has 1 aromatic rings. The summed E-state index contributed by atoms with van der Waals surface area (Å²) in [5, 5.41) is 6.43. The molecule has 0 radical (unpaired) electrons. The van der Waals surface area contributed by atoms with E-state index in [0.717, 1.165) is 5.69 Å². The van der Waals surface area contributed by atoms with Gasteiger partial charge in [-0.2, -0.15) is 0 Å². The minimum Gasteiger partial charge on any atom is -0.389 e. The third-order valence-electron chi connectivity index (χ3n) is 2.54. The molecule has 5 nitrogen and oxygen atoms in total. The van der Waals surface area contributed by atoms with E-state index in [1.165, 1.54) is 0 Å². The standard InChI is InChI=1S/C13H18ClN3O2S/c1-19-7-6-17-12(18)4-5-16-11-3-2-9(14)8-10(11)13(15)20/h2-3,8,16H,4-7H2,1H3,(H2,15,20)(H,17,18). The topological polar surface area (TPSA) is 76.4 Å². The number of nitrogens with two attached hydrogens (primary N) is 1. The first-order valence-electron chi connectivity index (χ1n) is 6.13. The molecular weight excluding hydrogens is 298 g/mol. The highest BCUT2D eigenvalue weighted by molar-refractivity contribution is 7.80. The molecule has 0 fully saturated rings. The summed E-state index contributed by atoms with van der Waals surface area (Å²) >= 11 is 10.9. The number of rotatable bonds is 8. The molecule has 0 aliphatic heterocycles. The molecule has 0 aliphatic carbocycles. The van der Waals surface area contributed by atoms with Gasteiger partial charge in [0.05, 0.1) is 6.61 Å². The molecule has 1 amide bonds. The van der Waals surface area contributed by atoms with Crippen LogP contribution in [0.1, 0.15) is 12.0 Å². The predicted octanol–water partition coefficient (Wildman–Crippen LogP) is 1.54. The summed E-state index contributed by atoms with van der Waals surface area (Å²) in [6.07, 6.45) is 0.350. The monoisotopic (exact) mass is 315 g/mol. The van der Waals surface area contributed by atoms with Crippen molar-refractivity contribution in [1.29, 1.82) is 0 Å². The average Bonchev–Trinajstić information content (AvgIpc) is 2.40. The van der Waals surface area contributed by atoms with Crippen LogP contribution in [0.2, 0.25) is 5.02 Å². The Morgan fingerprint density at radius 1 is 1.45 bits per heavy atom. The van der Waals surface area contributed by atoms with Crippen molar-refractivity contribution >= 4 is 40.4 Å². The Kier molecular flexibility index (Phi) is 7.28. The van der Waals surface area contributed by atoms with Gasteiger partial charge < -0.3 is 21.1 Å². The molecule has 0 aliphatic rings. The number of carbonyl (C=O) groups is 1. The lowest BCUT2D eigenvalue weighted by Crippen LogP contribution is -2.28. The van der Waals surface area contributed by atoms with Crippen molar-refractivity contribution in [2.75, 3.05) is 32.1 Å². The molecule has 0 heterocycles. The second-order valence-electron chi connectivity index (χ2n) is 4.07. The van der Waals surface area contributed by atoms with Crippen LogP contribution in [0.3, 0.4) is 0 Å². The molecule has 20 heavy (non-hydrogen) atoms. The van der Waals surface area contributed by atoms with Crippen LogP contribution in [0.4, 0.5) is 5.69 Å². The number of halogens is 1. The number of thiocarbonyl (C=S) groups is 1. The SMILES string of the molecule is COCCNC(=O)CCNc1ccc(Cl)cc1C(N)=S. The number of hydrogen-bond acceptors (Lipinski definition) is 4. The van der Waals surface area contributed by atoms with E-state index in [0.29, 0.717) is 36.7 Å². The zero-order valence-electron chi connectivity index (χ0n) is 11.2. The van der Waals surface area contributed by atoms with Crippen LogP contribution in [-0.2, 0) is 9.53 Å². The van der Waals surface area contributed by atoms with Gasteiger partial charge in [0.2, 0.25) is 5.91 Å². The van der Waals surface area contributed by atoms with Gasteiger partial charge in [-0.15, -0.1) is 0 Å². The molecule has 1 rings (SSSR count). The zero-order valence-corrected chi connectivity index (χ0v) is 12.8. The molecule has 1 aromatic carbocycles. The molecule has 0 bridgehead atoms. The van der Waals surface area contributed by atoms with E-state index in [1.807, 2.05) is 0 Å². The van der Waals surface area contributed by atoms with E-state index in [9.17, 15) is 4.79 Å². The van der Waals surface area contributed by atoms with Gasteiger partial charge in [0, 0.05) is 42.9 Å². The maximum absolute atomic E-state index is 11.5. The summed E-state index contributed by atoms with van der Waals surface area (Å²) in [5.41, 5.74) is 7.08. The van der Waals surface area contributed by atoms with Crippen molar-refractivity contribution in [1.82, 2.24) is 5.32 Å². The van der Waals surface area contributed by atoms with Gasteiger partial charge in [0.1, 0.15) is 4.99 Å². The third-order valence-corrected chi connectivity index (χ3v) is 3.00. The van der Waals surface area contributed by atoms with Crippen LogP contribution in [0, 0.1) is 0 Å². The number of methoxy groups -OCH3 is 1. The first kappa shape index (κ1) is 16.7. The van der Waals surface area contributed by atoms with Crippen molar-refractivity contribution in [3.63, 3.8) is 0 Å². The molecule has 0 atom stereocenters. The molecule has 0 unspecified atom stereocenters. The Bertz CT molecular complexity index is 483. The summed E-state index contributed by atoms with van der Waals surface area (Å²) in [5.74, 6) is -0.0413. The van der Waals surface area contributed by atoms with Crippen molar-refractivity contribution in [3.05, 3.63) is 28.8 Å². The molecule has 0 saturated heterocycles. The van der Waals surface area contributed by atoms with Crippen LogP contribution >= 0.6 is 23.8 Å². The normalized spacial score (nSPS) is 10.1. The Balaban J connectivity index is 2.46. The van der Waals surface area contributed by atoms with Crippen LogP contribution in [0.5, 0.6) is 0 Å². The number of hydrogen-bond donors (Lipinski definition) is 3. The predicted molar refractivity (Wildman–Crippen MR) is 85.3 cm³/mol. The maximum Gasteiger partial charge on any atom is 0.221 e. The molecule has 110 valence electrons. The summed E-state index contributed by atoms with van der Waals surface area (Å²) in [6.45, 7) is 1.49. The summed E-state index contributed by atoms with van der Waals surface area (Å²) in [6, 6.07) is 5.23. The second-order valence-corrected chi connectivity index (χ2v) is 4.95. The molecule has 0 saturated carbocycles. The van der Waals surface area contributed by atoms with Crippen LogP contribution in [-0.4, -0.2) is 37.7 Å². The second kappa shape index (κ2) is 8.73. The van der Waals surface area contributed by atoms with Crippen LogP contribution in [0.15, 0.2) is 18.2 Å².